The van der Waals surface area contributed by atoms with Crippen LogP contribution in [0.5, 0.6) is 0 Å². The fourth-order valence-electron chi connectivity index (χ4n) is 1.99. The van der Waals surface area contributed by atoms with E-state index < -0.39 is 5.91 Å². The number of thioether (sulfide) groups is 1. The van der Waals surface area contributed by atoms with Gasteiger partial charge < -0.3 is 16.0 Å². The van der Waals surface area contributed by atoms with Crippen LogP contribution >= 0.6 is 11.8 Å². The van der Waals surface area contributed by atoms with Crippen molar-refractivity contribution in [3.63, 3.8) is 0 Å². The number of nitrogens with zero attached hydrogens (tertiary/aromatic N) is 3. The molecule has 1 aromatic heterocycles. The molecule has 0 aliphatic carbocycles. The van der Waals surface area contributed by atoms with Gasteiger partial charge in [0.25, 0.3) is 0 Å². The summed E-state index contributed by atoms with van der Waals surface area (Å²) in [7, 11) is 0. The standard InChI is InChI=1S/C14H19N5OS/c1-2-6-19-12(8-15)17-18-14(19)21-9-10-4-3-5-11(7-10)13(16)20/h3-5,7H,2,6,8-9,15H2,1H3,(H2,16,20). The molecule has 0 aliphatic heterocycles. The first-order valence-corrected chi connectivity index (χ1v) is 7.78. The topological polar surface area (TPSA) is 99.8 Å². The minimum Gasteiger partial charge on any atom is -0.366 e. The van der Waals surface area contributed by atoms with E-state index in [2.05, 4.69) is 17.1 Å². The molecular weight excluding hydrogens is 286 g/mol. The summed E-state index contributed by atoms with van der Waals surface area (Å²) in [6.07, 6.45) is 0.996. The fourth-order valence-corrected chi connectivity index (χ4v) is 2.91. The third-order valence-corrected chi connectivity index (χ3v) is 4.04. The number of carbonyl (C=O) groups is 1. The van der Waals surface area contributed by atoms with Crippen LogP contribution in [-0.4, -0.2) is 20.7 Å². The number of hydrogen-bond donors (Lipinski definition) is 2. The molecule has 6 nitrogen and oxygen atoms in total. The van der Waals surface area contributed by atoms with E-state index in [0.29, 0.717) is 17.9 Å². The molecule has 2 aromatic rings. The number of benzene rings is 1. The molecule has 0 atom stereocenters. The number of aromatic nitrogens is 3. The Morgan fingerprint density at radius 2 is 2.19 bits per heavy atom. The predicted molar refractivity (Wildman–Crippen MR) is 82.7 cm³/mol. The molecule has 1 aromatic carbocycles. The molecule has 4 N–H and O–H groups in total. The van der Waals surface area contributed by atoms with Crippen molar-refractivity contribution in [2.45, 2.75) is 37.3 Å². The van der Waals surface area contributed by atoms with Gasteiger partial charge in [0.1, 0.15) is 5.82 Å². The van der Waals surface area contributed by atoms with E-state index in [1.807, 2.05) is 16.7 Å². The van der Waals surface area contributed by atoms with Crippen molar-refractivity contribution < 1.29 is 4.79 Å². The van der Waals surface area contributed by atoms with E-state index in [1.165, 1.54) is 0 Å². The van der Waals surface area contributed by atoms with E-state index in [1.54, 1.807) is 23.9 Å². The van der Waals surface area contributed by atoms with Gasteiger partial charge in [-0.05, 0) is 24.1 Å². The zero-order valence-corrected chi connectivity index (χ0v) is 12.8. The summed E-state index contributed by atoms with van der Waals surface area (Å²) < 4.78 is 2.04. The van der Waals surface area contributed by atoms with Gasteiger partial charge in [0.05, 0.1) is 6.54 Å². The number of amides is 1. The highest BCUT2D eigenvalue weighted by Crippen LogP contribution is 2.22. The average Bonchev–Trinajstić information content (AvgIpc) is 2.88. The van der Waals surface area contributed by atoms with Crippen LogP contribution in [-0.2, 0) is 18.8 Å². The average molecular weight is 305 g/mol. The van der Waals surface area contributed by atoms with E-state index in [0.717, 1.165) is 29.5 Å². The fraction of sp³-hybridized carbons (Fsp3) is 0.357. The first-order chi connectivity index (χ1) is 10.2. The molecule has 0 fully saturated rings. The Balaban J connectivity index is 2.11. The maximum absolute atomic E-state index is 11.2. The van der Waals surface area contributed by atoms with Crippen LogP contribution in [0.3, 0.4) is 0 Å². The summed E-state index contributed by atoms with van der Waals surface area (Å²) in [4.78, 5) is 11.2. The van der Waals surface area contributed by atoms with E-state index in [9.17, 15) is 4.79 Å². The number of carbonyl (C=O) groups excluding carboxylic acids is 1. The summed E-state index contributed by atoms with van der Waals surface area (Å²) in [5.74, 6) is 1.08. The number of hydrogen-bond acceptors (Lipinski definition) is 5. The Hall–Kier alpha value is -1.86. The van der Waals surface area contributed by atoms with Crippen molar-refractivity contribution in [2.75, 3.05) is 0 Å². The quantitative estimate of drug-likeness (QED) is 0.756. The van der Waals surface area contributed by atoms with E-state index in [-0.39, 0.29) is 0 Å². The lowest BCUT2D eigenvalue weighted by molar-refractivity contribution is 0.1000. The van der Waals surface area contributed by atoms with Crippen LogP contribution in [0, 0.1) is 0 Å². The molecule has 0 aliphatic rings. The Kier molecular flexibility index (Phi) is 5.35. The van der Waals surface area contributed by atoms with Gasteiger partial charge in [0.15, 0.2) is 5.16 Å². The lowest BCUT2D eigenvalue weighted by atomic mass is 10.1. The molecule has 0 bridgehead atoms. The monoisotopic (exact) mass is 305 g/mol. The molecule has 21 heavy (non-hydrogen) atoms. The zero-order valence-electron chi connectivity index (χ0n) is 12.0. The van der Waals surface area contributed by atoms with Crippen molar-refractivity contribution >= 4 is 17.7 Å². The van der Waals surface area contributed by atoms with Crippen LogP contribution in [0.2, 0.25) is 0 Å². The van der Waals surface area contributed by atoms with Crippen molar-refractivity contribution in [3.05, 3.63) is 41.2 Å². The molecule has 1 amide bonds. The molecule has 0 saturated carbocycles. The molecule has 7 heteroatoms. The Labute approximate surface area is 127 Å². The molecule has 0 unspecified atom stereocenters. The second-order valence-electron chi connectivity index (χ2n) is 4.61. The lowest BCUT2D eigenvalue weighted by Gasteiger charge is -2.07. The second-order valence-corrected chi connectivity index (χ2v) is 5.55. The minimum atomic E-state index is -0.415. The van der Waals surface area contributed by atoms with Crippen LogP contribution in [0.1, 0.15) is 35.1 Å². The third-order valence-electron chi connectivity index (χ3n) is 3.00. The Morgan fingerprint density at radius 1 is 1.38 bits per heavy atom. The zero-order chi connectivity index (χ0) is 15.2. The summed E-state index contributed by atoms with van der Waals surface area (Å²) in [5, 5.41) is 9.14. The molecule has 0 saturated heterocycles. The summed E-state index contributed by atoms with van der Waals surface area (Å²) in [6, 6.07) is 7.31. The summed E-state index contributed by atoms with van der Waals surface area (Å²) in [6.45, 7) is 3.33. The van der Waals surface area contributed by atoms with Crippen molar-refractivity contribution in [1.29, 1.82) is 0 Å². The van der Waals surface area contributed by atoms with Crippen LogP contribution in [0.15, 0.2) is 29.4 Å². The van der Waals surface area contributed by atoms with Crippen molar-refractivity contribution in [2.24, 2.45) is 11.5 Å². The highest BCUT2D eigenvalue weighted by Gasteiger charge is 2.11. The SMILES string of the molecule is CCCn1c(CN)nnc1SCc1cccc(C(N)=O)c1. The first-order valence-electron chi connectivity index (χ1n) is 6.79. The van der Waals surface area contributed by atoms with Crippen LogP contribution in [0.4, 0.5) is 0 Å². The van der Waals surface area contributed by atoms with Gasteiger partial charge in [-0.3, -0.25) is 4.79 Å². The van der Waals surface area contributed by atoms with Gasteiger partial charge >= 0.3 is 0 Å². The molecule has 2 rings (SSSR count). The van der Waals surface area contributed by atoms with Gasteiger partial charge in [-0.1, -0.05) is 30.8 Å². The van der Waals surface area contributed by atoms with Crippen LogP contribution in [0.25, 0.3) is 0 Å². The first kappa shape index (κ1) is 15.5. The number of rotatable bonds is 7. The number of primary amides is 1. The summed E-state index contributed by atoms with van der Waals surface area (Å²) in [5.41, 5.74) is 12.5. The smallest absolute Gasteiger partial charge is 0.248 e. The maximum atomic E-state index is 11.2. The summed E-state index contributed by atoms with van der Waals surface area (Å²) >= 11 is 1.58. The van der Waals surface area contributed by atoms with Crippen molar-refractivity contribution in [3.8, 4) is 0 Å². The molecule has 0 spiro atoms. The highest BCUT2D eigenvalue weighted by molar-refractivity contribution is 7.98. The number of nitrogens with two attached hydrogens (primary N) is 2. The molecule has 112 valence electrons. The largest absolute Gasteiger partial charge is 0.366 e. The van der Waals surface area contributed by atoms with Gasteiger partial charge in [0.2, 0.25) is 5.91 Å². The van der Waals surface area contributed by atoms with E-state index >= 15 is 0 Å². The van der Waals surface area contributed by atoms with Gasteiger partial charge in [-0.25, -0.2) is 0 Å². The second kappa shape index (κ2) is 7.24. The molecule has 0 radical (unpaired) electrons. The molecular formula is C14H19N5OS. The Bertz CT molecular complexity index is 626. The molecule has 1 heterocycles. The van der Waals surface area contributed by atoms with E-state index in [4.69, 9.17) is 11.5 Å². The third kappa shape index (κ3) is 3.83. The highest BCUT2D eigenvalue weighted by atomic mass is 32.2. The lowest BCUT2D eigenvalue weighted by Crippen LogP contribution is -2.11. The maximum Gasteiger partial charge on any atom is 0.248 e. The normalized spacial score (nSPS) is 10.8. The van der Waals surface area contributed by atoms with Crippen molar-refractivity contribution in [1.82, 2.24) is 14.8 Å². The minimum absolute atomic E-state index is 0.380. The van der Waals surface area contributed by atoms with Crippen LogP contribution < -0.4 is 11.5 Å². The Morgan fingerprint density at radius 3 is 2.86 bits per heavy atom. The predicted octanol–water partition coefficient (Wildman–Crippen LogP) is 1.54. The van der Waals surface area contributed by atoms with Gasteiger partial charge in [-0.15, -0.1) is 10.2 Å². The van der Waals surface area contributed by atoms with Gasteiger partial charge in [0, 0.05) is 17.9 Å². The van der Waals surface area contributed by atoms with Gasteiger partial charge in [-0.2, -0.15) is 0 Å².